The minimum atomic E-state index is -0.318. The van der Waals surface area contributed by atoms with Crippen LogP contribution in [0.4, 0.5) is 11.4 Å². The lowest BCUT2D eigenvalue weighted by Gasteiger charge is -2.14. The maximum atomic E-state index is 12.9. The summed E-state index contributed by atoms with van der Waals surface area (Å²) in [6.45, 7) is 3.84. The zero-order valence-corrected chi connectivity index (χ0v) is 17.5. The molecule has 0 bridgehead atoms. The Hall–Kier alpha value is -4.25. The SMILES string of the molecule is CC(C)c1c(C(=O)Nc2ccc(C=N)c(N/C=C/c3cnn(C)c3)c2)ccnc1C#N. The van der Waals surface area contributed by atoms with Gasteiger partial charge in [-0.25, -0.2) is 4.98 Å². The number of nitriles is 1. The lowest BCUT2D eigenvalue weighted by Crippen LogP contribution is -2.16. The van der Waals surface area contributed by atoms with Gasteiger partial charge in [0, 0.05) is 65.5 Å². The van der Waals surface area contributed by atoms with Crippen molar-refractivity contribution in [2.75, 3.05) is 10.6 Å². The molecule has 8 heteroatoms. The first-order valence-corrected chi connectivity index (χ1v) is 9.69. The zero-order chi connectivity index (χ0) is 22.4. The maximum Gasteiger partial charge on any atom is 0.256 e. The van der Waals surface area contributed by atoms with E-state index in [2.05, 4.69) is 26.8 Å². The number of pyridine rings is 1. The van der Waals surface area contributed by atoms with Crippen LogP contribution in [0, 0.1) is 16.7 Å². The molecule has 0 radical (unpaired) electrons. The van der Waals surface area contributed by atoms with Crippen LogP contribution in [-0.2, 0) is 7.05 Å². The molecule has 0 atom stereocenters. The molecule has 3 aromatic rings. The van der Waals surface area contributed by atoms with Crippen LogP contribution in [-0.4, -0.2) is 26.9 Å². The third-order valence-corrected chi connectivity index (χ3v) is 4.62. The zero-order valence-electron chi connectivity index (χ0n) is 17.5. The van der Waals surface area contributed by atoms with Crippen LogP contribution in [0.3, 0.4) is 0 Å². The van der Waals surface area contributed by atoms with Gasteiger partial charge in [-0.1, -0.05) is 13.8 Å². The minimum Gasteiger partial charge on any atom is -0.361 e. The molecular weight excluding hydrogens is 390 g/mol. The summed E-state index contributed by atoms with van der Waals surface area (Å²) in [7, 11) is 1.84. The molecule has 0 unspecified atom stereocenters. The molecule has 0 saturated carbocycles. The summed E-state index contributed by atoms with van der Waals surface area (Å²) >= 11 is 0. The predicted octanol–water partition coefficient (Wildman–Crippen LogP) is 4.14. The van der Waals surface area contributed by atoms with Crippen molar-refractivity contribution in [1.29, 1.82) is 10.7 Å². The van der Waals surface area contributed by atoms with Gasteiger partial charge >= 0.3 is 0 Å². The first-order chi connectivity index (χ1) is 14.9. The van der Waals surface area contributed by atoms with Gasteiger partial charge in [0.25, 0.3) is 5.91 Å². The normalized spacial score (nSPS) is 10.8. The Kier molecular flexibility index (Phi) is 6.58. The van der Waals surface area contributed by atoms with Crippen LogP contribution in [0.15, 0.2) is 49.1 Å². The van der Waals surface area contributed by atoms with E-state index in [1.54, 1.807) is 41.3 Å². The van der Waals surface area contributed by atoms with Gasteiger partial charge in [-0.2, -0.15) is 10.4 Å². The Bertz CT molecular complexity index is 1180. The molecular formula is C23H23N7O. The van der Waals surface area contributed by atoms with Crippen molar-refractivity contribution in [2.45, 2.75) is 19.8 Å². The summed E-state index contributed by atoms with van der Waals surface area (Å²) in [6, 6.07) is 8.92. The first kappa shape index (κ1) is 21.5. The minimum absolute atomic E-state index is 0.0285. The number of rotatable bonds is 7. The third-order valence-electron chi connectivity index (χ3n) is 4.62. The fourth-order valence-electron chi connectivity index (χ4n) is 3.18. The molecule has 8 nitrogen and oxygen atoms in total. The van der Waals surface area contributed by atoms with Crippen LogP contribution in [0.5, 0.6) is 0 Å². The number of carbonyl (C=O) groups excluding carboxylic acids is 1. The second-order valence-corrected chi connectivity index (χ2v) is 7.21. The van der Waals surface area contributed by atoms with E-state index in [0.717, 1.165) is 5.56 Å². The number of nitrogens with zero attached hydrogens (tertiary/aromatic N) is 4. The lowest BCUT2D eigenvalue weighted by molar-refractivity contribution is 0.102. The van der Waals surface area contributed by atoms with Gasteiger partial charge in [0.15, 0.2) is 0 Å². The summed E-state index contributed by atoms with van der Waals surface area (Å²) in [5.74, 6) is -0.346. The second-order valence-electron chi connectivity index (χ2n) is 7.21. The standard InChI is InChI=1S/C23H23N7O/c1-15(2)22-19(7-9-27-21(22)12-25)23(31)29-18-5-4-17(11-24)20(10-18)26-8-6-16-13-28-30(3)14-16/h4-11,13-15,24,26H,1-3H3,(H,29,31)/b8-6+,24-11?. The molecule has 0 fully saturated rings. The van der Waals surface area contributed by atoms with E-state index >= 15 is 0 Å². The summed E-state index contributed by atoms with van der Waals surface area (Å²) in [5, 5.41) is 27.1. The van der Waals surface area contributed by atoms with E-state index in [-0.39, 0.29) is 17.5 Å². The Morgan fingerprint density at radius 3 is 2.77 bits per heavy atom. The van der Waals surface area contributed by atoms with Crippen molar-refractivity contribution in [3.63, 3.8) is 0 Å². The van der Waals surface area contributed by atoms with Gasteiger partial charge < -0.3 is 16.0 Å². The maximum absolute atomic E-state index is 12.9. The number of aromatic nitrogens is 3. The van der Waals surface area contributed by atoms with Gasteiger partial charge in [0.2, 0.25) is 0 Å². The van der Waals surface area contributed by atoms with Crippen molar-refractivity contribution >= 4 is 29.6 Å². The molecule has 0 aliphatic carbocycles. The fourth-order valence-corrected chi connectivity index (χ4v) is 3.18. The van der Waals surface area contributed by atoms with E-state index in [1.165, 1.54) is 12.4 Å². The summed E-state index contributed by atoms with van der Waals surface area (Å²) in [5.41, 5.74) is 4.14. The van der Waals surface area contributed by atoms with E-state index in [1.807, 2.05) is 33.2 Å². The molecule has 0 saturated heterocycles. The number of amides is 1. The predicted molar refractivity (Wildman–Crippen MR) is 121 cm³/mol. The van der Waals surface area contributed by atoms with E-state index < -0.39 is 0 Å². The molecule has 1 aromatic carbocycles. The van der Waals surface area contributed by atoms with Crippen LogP contribution in [0.25, 0.3) is 6.08 Å². The monoisotopic (exact) mass is 413 g/mol. The Morgan fingerprint density at radius 1 is 1.32 bits per heavy atom. The molecule has 1 amide bonds. The van der Waals surface area contributed by atoms with Crippen molar-refractivity contribution in [2.24, 2.45) is 7.05 Å². The van der Waals surface area contributed by atoms with Gasteiger partial charge in [-0.05, 0) is 36.3 Å². The number of hydrogen-bond acceptors (Lipinski definition) is 6. The van der Waals surface area contributed by atoms with Crippen molar-refractivity contribution in [3.8, 4) is 6.07 Å². The smallest absolute Gasteiger partial charge is 0.256 e. The number of carbonyl (C=O) groups is 1. The molecule has 156 valence electrons. The highest BCUT2D eigenvalue weighted by atomic mass is 16.1. The summed E-state index contributed by atoms with van der Waals surface area (Å²) in [6.07, 6.45) is 9.94. The van der Waals surface area contributed by atoms with Gasteiger partial charge in [-0.15, -0.1) is 0 Å². The average molecular weight is 413 g/mol. The van der Waals surface area contributed by atoms with Gasteiger partial charge in [0.05, 0.1) is 6.20 Å². The number of anilines is 2. The molecule has 2 aromatic heterocycles. The van der Waals surface area contributed by atoms with Crippen LogP contribution < -0.4 is 10.6 Å². The van der Waals surface area contributed by atoms with Crippen LogP contribution in [0.1, 0.15) is 52.5 Å². The average Bonchev–Trinajstić information content (AvgIpc) is 3.18. The first-order valence-electron chi connectivity index (χ1n) is 9.69. The Morgan fingerprint density at radius 2 is 2.13 bits per heavy atom. The second kappa shape index (κ2) is 9.50. The molecule has 3 N–H and O–H groups in total. The molecule has 0 spiro atoms. The molecule has 0 aliphatic heterocycles. The van der Waals surface area contributed by atoms with Crippen molar-refractivity contribution < 1.29 is 4.79 Å². The van der Waals surface area contributed by atoms with E-state index in [9.17, 15) is 10.1 Å². The number of benzene rings is 1. The quantitative estimate of drug-likeness (QED) is 0.503. The highest BCUT2D eigenvalue weighted by molar-refractivity contribution is 6.06. The fraction of sp³-hybridized carbons (Fsp3) is 0.174. The van der Waals surface area contributed by atoms with E-state index in [0.29, 0.717) is 28.1 Å². The third kappa shape index (κ3) is 5.03. The van der Waals surface area contributed by atoms with Crippen molar-refractivity contribution in [3.05, 3.63) is 77.0 Å². The topological polar surface area (TPSA) is 119 Å². The van der Waals surface area contributed by atoms with E-state index in [4.69, 9.17) is 5.41 Å². The molecule has 2 heterocycles. The number of hydrogen-bond donors (Lipinski definition) is 3. The van der Waals surface area contributed by atoms with Gasteiger partial charge in [-0.3, -0.25) is 9.48 Å². The highest BCUT2D eigenvalue weighted by Crippen LogP contribution is 2.25. The molecule has 0 aliphatic rings. The number of nitrogens with one attached hydrogen (secondary N) is 3. The Balaban J connectivity index is 1.83. The summed E-state index contributed by atoms with van der Waals surface area (Å²) < 4.78 is 1.71. The Labute approximate surface area is 180 Å². The highest BCUT2D eigenvalue weighted by Gasteiger charge is 2.19. The molecule has 31 heavy (non-hydrogen) atoms. The van der Waals surface area contributed by atoms with Crippen molar-refractivity contribution in [1.82, 2.24) is 14.8 Å². The lowest BCUT2D eigenvalue weighted by atomic mass is 9.95. The number of aryl methyl sites for hydroxylation is 1. The van der Waals surface area contributed by atoms with Crippen LogP contribution >= 0.6 is 0 Å². The summed E-state index contributed by atoms with van der Waals surface area (Å²) in [4.78, 5) is 17.0. The molecule has 3 rings (SSSR count). The largest absolute Gasteiger partial charge is 0.361 e. The van der Waals surface area contributed by atoms with Gasteiger partial charge in [0.1, 0.15) is 11.8 Å². The van der Waals surface area contributed by atoms with Crippen LogP contribution in [0.2, 0.25) is 0 Å².